The smallest absolute Gasteiger partial charge is 0.251 e. The summed E-state index contributed by atoms with van der Waals surface area (Å²) in [6.07, 6.45) is 1.15. The zero-order chi connectivity index (χ0) is 16.2. The first kappa shape index (κ1) is 15.7. The van der Waals surface area contributed by atoms with Gasteiger partial charge in [-0.1, -0.05) is 6.07 Å². The third kappa shape index (κ3) is 3.76. The van der Waals surface area contributed by atoms with Gasteiger partial charge in [-0.05, 0) is 41.6 Å². The van der Waals surface area contributed by atoms with Gasteiger partial charge in [0.25, 0.3) is 5.91 Å². The van der Waals surface area contributed by atoms with Crippen LogP contribution in [0.5, 0.6) is 0 Å². The number of halogens is 1. The molecule has 0 saturated carbocycles. The van der Waals surface area contributed by atoms with E-state index in [-0.39, 0.29) is 30.3 Å². The molecule has 0 fully saturated rings. The fourth-order valence-electron chi connectivity index (χ4n) is 2.63. The molecule has 0 unspecified atom stereocenters. The minimum absolute atomic E-state index is 0.0291. The number of nitrogens with zero attached hydrogens (tertiary/aromatic N) is 1. The maximum atomic E-state index is 13.1. The van der Waals surface area contributed by atoms with E-state index < -0.39 is 5.82 Å². The molecule has 0 spiro atoms. The highest BCUT2D eigenvalue weighted by Gasteiger charge is 2.21. The van der Waals surface area contributed by atoms with Crippen LogP contribution in [0, 0.1) is 5.82 Å². The molecule has 1 aliphatic rings. The Morgan fingerprint density at radius 2 is 2.17 bits per heavy atom. The number of nitrogens with one attached hydrogen (secondary N) is 1. The lowest BCUT2D eigenvalue weighted by Crippen LogP contribution is -2.37. The normalized spacial score (nSPS) is 13.5. The Kier molecular flexibility index (Phi) is 4.71. The molecule has 1 N–H and O–H groups in total. The predicted molar refractivity (Wildman–Crippen MR) is 86.8 cm³/mol. The molecule has 3 rings (SSSR count). The summed E-state index contributed by atoms with van der Waals surface area (Å²) in [5.41, 5.74) is 1.48. The lowest BCUT2D eigenvalue weighted by molar-refractivity contribution is -0.131. The van der Waals surface area contributed by atoms with Gasteiger partial charge >= 0.3 is 0 Å². The van der Waals surface area contributed by atoms with E-state index in [4.69, 9.17) is 0 Å². The van der Waals surface area contributed by atoms with Crippen LogP contribution in [0.2, 0.25) is 0 Å². The van der Waals surface area contributed by atoms with Gasteiger partial charge in [-0.25, -0.2) is 4.39 Å². The number of rotatable bonds is 4. The van der Waals surface area contributed by atoms with Gasteiger partial charge in [-0.2, -0.15) is 0 Å². The molecule has 1 aromatic heterocycles. The van der Waals surface area contributed by atoms with E-state index in [9.17, 15) is 14.0 Å². The summed E-state index contributed by atoms with van der Waals surface area (Å²) in [5, 5.41) is 4.71. The number of carbonyl (C=O) groups is 2. The monoisotopic (exact) mass is 332 g/mol. The molecule has 2 heterocycles. The van der Waals surface area contributed by atoms with E-state index in [0.717, 1.165) is 13.0 Å². The number of fused-ring (bicyclic) bond motifs is 1. The Balaban J connectivity index is 1.47. The summed E-state index contributed by atoms with van der Waals surface area (Å²) in [5.74, 6) is -0.786. The van der Waals surface area contributed by atoms with Crippen LogP contribution in [0.25, 0.3) is 0 Å². The highest BCUT2D eigenvalue weighted by atomic mass is 32.1. The zero-order valence-electron chi connectivity index (χ0n) is 12.5. The summed E-state index contributed by atoms with van der Waals surface area (Å²) < 4.78 is 13.1. The van der Waals surface area contributed by atoms with E-state index in [0.29, 0.717) is 6.54 Å². The van der Waals surface area contributed by atoms with E-state index >= 15 is 0 Å². The van der Waals surface area contributed by atoms with Crippen LogP contribution in [0.4, 0.5) is 4.39 Å². The summed E-state index contributed by atoms with van der Waals surface area (Å²) in [7, 11) is 0. The van der Waals surface area contributed by atoms with Crippen molar-refractivity contribution in [1.29, 1.82) is 0 Å². The number of benzene rings is 1. The third-order valence-electron chi connectivity index (χ3n) is 3.87. The predicted octanol–water partition coefficient (Wildman–Crippen LogP) is 2.59. The summed E-state index contributed by atoms with van der Waals surface area (Å²) in [6.45, 7) is 1.63. The maximum absolute atomic E-state index is 13.1. The van der Waals surface area contributed by atoms with E-state index in [2.05, 4.69) is 16.8 Å². The first-order chi connectivity index (χ1) is 11.1. The van der Waals surface area contributed by atoms with Crippen LogP contribution in [0.1, 0.15) is 27.2 Å². The van der Waals surface area contributed by atoms with Gasteiger partial charge in [0.05, 0.1) is 0 Å². The Morgan fingerprint density at radius 3 is 3.00 bits per heavy atom. The van der Waals surface area contributed by atoms with Crippen LogP contribution in [0.15, 0.2) is 35.7 Å². The highest BCUT2D eigenvalue weighted by molar-refractivity contribution is 7.10. The Morgan fingerprint density at radius 1 is 1.30 bits per heavy atom. The number of carbonyl (C=O) groups excluding carboxylic acids is 2. The Labute approximate surface area is 137 Å². The molecule has 6 heteroatoms. The molecule has 0 atom stereocenters. The molecular weight excluding hydrogens is 315 g/mol. The van der Waals surface area contributed by atoms with Crippen molar-refractivity contribution in [2.45, 2.75) is 19.4 Å². The number of thiophene rings is 1. The van der Waals surface area contributed by atoms with Gasteiger partial charge < -0.3 is 10.2 Å². The van der Waals surface area contributed by atoms with Crippen molar-refractivity contribution >= 4 is 23.2 Å². The molecule has 0 radical (unpaired) electrons. The van der Waals surface area contributed by atoms with Crippen LogP contribution in [-0.2, 0) is 17.8 Å². The maximum Gasteiger partial charge on any atom is 0.251 e. The lowest BCUT2D eigenvalue weighted by Gasteiger charge is -2.27. The quantitative estimate of drug-likeness (QED) is 0.935. The average molecular weight is 332 g/mol. The van der Waals surface area contributed by atoms with Gasteiger partial charge in [0, 0.05) is 36.5 Å². The van der Waals surface area contributed by atoms with Crippen LogP contribution >= 0.6 is 11.3 Å². The summed E-state index contributed by atoms with van der Waals surface area (Å²) >= 11 is 1.73. The summed E-state index contributed by atoms with van der Waals surface area (Å²) in [6, 6.07) is 7.56. The van der Waals surface area contributed by atoms with Gasteiger partial charge in [-0.3, -0.25) is 9.59 Å². The molecule has 4 nitrogen and oxygen atoms in total. The third-order valence-corrected chi connectivity index (χ3v) is 4.89. The molecule has 0 aliphatic carbocycles. The Hall–Kier alpha value is -2.21. The molecule has 0 bridgehead atoms. The first-order valence-corrected chi connectivity index (χ1v) is 8.38. The molecular formula is C17H17FN2O2S. The molecule has 0 saturated heterocycles. The van der Waals surface area contributed by atoms with Crippen molar-refractivity contribution in [2.75, 3.05) is 13.1 Å². The van der Waals surface area contributed by atoms with Crippen molar-refractivity contribution < 1.29 is 14.0 Å². The molecule has 2 amide bonds. The van der Waals surface area contributed by atoms with Crippen molar-refractivity contribution in [3.63, 3.8) is 0 Å². The van der Waals surface area contributed by atoms with Gasteiger partial charge in [0.15, 0.2) is 0 Å². The zero-order valence-corrected chi connectivity index (χ0v) is 13.4. The van der Waals surface area contributed by atoms with Gasteiger partial charge in [-0.15, -0.1) is 11.3 Å². The van der Waals surface area contributed by atoms with Crippen molar-refractivity contribution in [3.8, 4) is 0 Å². The summed E-state index contributed by atoms with van der Waals surface area (Å²) in [4.78, 5) is 27.3. The van der Waals surface area contributed by atoms with Gasteiger partial charge in [0.2, 0.25) is 5.91 Å². The van der Waals surface area contributed by atoms with E-state index in [1.807, 2.05) is 4.90 Å². The molecule has 120 valence electrons. The minimum Gasteiger partial charge on any atom is -0.352 e. The standard InChI is InChI=1S/C17H17FN2O2S/c18-14-3-1-2-12(10-14)17(22)19-7-4-16(21)20-8-5-15-13(11-20)6-9-23-15/h1-3,6,9-10H,4-5,7-8,11H2,(H,19,22). The van der Waals surface area contributed by atoms with Crippen molar-refractivity contribution in [1.82, 2.24) is 10.2 Å². The van der Waals surface area contributed by atoms with Crippen molar-refractivity contribution in [2.24, 2.45) is 0 Å². The van der Waals surface area contributed by atoms with Crippen LogP contribution in [-0.4, -0.2) is 29.8 Å². The second-order valence-electron chi connectivity index (χ2n) is 5.45. The molecule has 1 aromatic carbocycles. The number of hydrogen-bond acceptors (Lipinski definition) is 3. The van der Waals surface area contributed by atoms with E-state index in [1.165, 1.54) is 28.6 Å². The first-order valence-electron chi connectivity index (χ1n) is 7.50. The molecule has 1 aliphatic heterocycles. The van der Waals surface area contributed by atoms with Crippen LogP contribution < -0.4 is 5.32 Å². The second-order valence-corrected chi connectivity index (χ2v) is 6.45. The second kappa shape index (κ2) is 6.91. The topological polar surface area (TPSA) is 49.4 Å². The minimum atomic E-state index is -0.450. The average Bonchev–Trinajstić information content (AvgIpc) is 3.02. The SMILES string of the molecule is O=C(NCCC(=O)N1CCc2sccc2C1)c1cccc(F)c1. The fraction of sp³-hybridized carbons (Fsp3) is 0.294. The van der Waals surface area contributed by atoms with Gasteiger partial charge in [0.1, 0.15) is 5.82 Å². The van der Waals surface area contributed by atoms with E-state index in [1.54, 1.807) is 17.4 Å². The number of hydrogen-bond donors (Lipinski definition) is 1. The number of amides is 2. The molecule has 2 aromatic rings. The molecule has 23 heavy (non-hydrogen) atoms. The lowest BCUT2D eigenvalue weighted by atomic mass is 10.1. The Bertz CT molecular complexity index is 729. The highest BCUT2D eigenvalue weighted by Crippen LogP contribution is 2.24. The van der Waals surface area contributed by atoms with Crippen molar-refractivity contribution in [3.05, 3.63) is 57.5 Å². The fourth-order valence-corrected chi connectivity index (χ4v) is 3.52. The van der Waals surface area contributed by atoms with Crippen LogP contribution in [0.3, 0.4) is 0 Å². The largest absolute Gasteiger partial charge is 0.352 e.